The van der Waals surface area contributed by atoms with Crippen molar-refractivity contribution in [2.24, 2.45) is 0 Å². The summed E-state index contributed by atoms with van der Waals surface area (Å²) in [6.45, 7) is 1.81. The number of aromatic nitrogens is 2. The van der Waals surface area contributed by atoms with Crippen LogP contribution in [0.5, 0.6) is 5.88 Å². The van der Waals surface area contributed by atoms with Gasteiger partial charge in [-0.3, -0.25) is 9.59 Å². The monoisotopic (exact) mass is 355 g/mol. The number of carbonyl (C=O) groups excluding carboxylic acids is 2. The summed E-state index contributed by atoms with van der Waals surface area (Å²) in [6, 6.07) is 2.56. The molecule has 0 aromatic carbocycles. The summed E-state index contributed by atoms with van der Waals surface area (Å²) < 4.78 is 4.66. The Morgan fingerprint density at radius 2 is 2.22 bits per heavy atom. The van der Waals surface area contributed by atoms with Crippen LogP contribution in [0.1, 0.15) is 15.2 Å². The number of rotatable bonds is 5. The first-order valence-electron chi connectivity index (χ1n) is 6.30. The van der Waals surface area contributed by atoms with Crippen molar-refractivity contribution < 1.29 is 19.4 Å². The highest BCUT2D eigenvalue weighted by Gasteiger charge is 2.17. The number of hydrogen-bond acceptors (Lipinski definition) is 8. The highest BCUT2D eigenvalue weighted by atomic mass is 32.2. The molecule has 2 aromatic heterocycles. The molecule has 0 atom stereocenters. The molecule has 0 spiro atoms. The van der Waals surface area contributed by atoms with Crippen LogP contribution in [0.2, 0.25) is 0 Å². The molecule has 2 aromatic rings. The maximum absolute atomic E-state index is 12.0. The van der Waals surface area contributed by atoms with Gasteiger partial charge in [-0.15, -0.1) is 11.3 Å². The molecule has 10 heteroatoms. The second-order valence-corrected chi connectivity index (χ2v) is 6.56. The number of methoxy groups -OCH3 is 1. The molecule has 3 N–H and O–H groups in total. The van der Waals surface area contributed by atoms with E-state index in [2.05, 4.69) is 20.0 Å². The number of hydrogen-bond donors (Lipinski definition) is 3. The van der Waals surface area contributed by atoms with Gasteiger partial charge in [-0.05, 0) is 13.0 Å². The second-order valence-electron chi connectivity index (χ2n) is 4.34. The Hall–Kier alpha value is -2.33. The Kier molecular flexibility index (Phi) is 5.40. The Labute approximate surface area is 138 Å². The largest absolute Gasteiger partial charge is 0.493 e. The average molecular weight is 355 g/mol. The maximum Gasteiger partial charge on any atom is 0.340 e. The van der Waals surface area contributed by atoms with Gasteiger partial charge >= 0.3 is 5.97 Å². The van der Waals surface area contributed by atoms with E-state index in [1.807, 2.05) is 6.92 Å². The van der Waals surface area contributed by atoms with Crippen molar-refractivity contribution in [3.05, 3.63) is 32.9 Å². The molecule has 0 aliphatic rings. The topological polar surface area (TPSA) is 121 Å². The molecule has 8 nitrogen and oxygen atoms in total. The van der Waals surface area contributed by atoms with E-state index in [0.29, 0.717) is 5.00 Å². The van der Waals surface area contributed by atoms with Gasteiger partial charge < -0.3 is 20.1 Å². The lowest BCUT2D eigenvalue weighted by Gasteiger charge is -2.05. The van der Waals surface area contributed by atoms with E-state index in [-0.39, 0.29) is 22.4 Å². The predicted octanol–water partition coefficient (Wildman–Crippen LogP) is 1.36. The minimum Gasteiger partial charge on any atom is -0.493 e. The molecule has 23 heavy (non-hydrogen) atoms. The molecule has 0 aliphatic carbocycles. The highest BCUT2D eigenvalue weighted by molar-refractivity contribution is 7.99. The van der Waals surface area contributed by atoms with E-state index in [1.165, 1.54) is 18.4 Å². The summed E-state index contributed by atoms with van der Waals surface area (Å²) in [5.41, 5.74) is -0.223. The molecule has 2 heterocycles. The van der Waals surface area contributed by atoms with Crippen LogP contribution in [0.3, 0.4) is 0 Å². The van der Waals surface area contributed by atoms with Gasteiger partial charge in [0, 0.05) is 4.88 Å². The third-order valence-electron chi connectivity index (χ3n) is 2.56. The summed E-state index contributed by atoms with van der Waals surface area (Å²) >= 11 is 2.21. The maximum atomic E-state index is 12.0. The number of nitrogens with zero attached hydrogens (tertiary/aromatic N) is 1. The lowest BCUT2D eigenvalue weighted by molar-refractivity contribution is -0.113. The van der Waals surface area contributed by atoms with Gasteiger partial charge in [0.2, 0.25) is 11.8 Å². The first-order valence-corrected chi connectivity index (χ1v) is 8.11. The van der Waals surface area contributed by atoms with E-state index in [0.717, 1.165) is 22.7 Å². The first-order chi connectivity index (χ1) is 10.9. The molecule has 0 fully saturated rings. The van der Waals surface area contributed by atoms with E-state index in [4.69, 9.17) is 0 Å². The number of anilines is 1. The molecule has 0 saturated carbocycles. The minimum absolute atomic E-state index is 0.0516. The second kappa shape index (κ2) is 7.29. The van der Waals surface area contributed by atoms with Crippen LogP contribution in [0.4, 0.5) is 5.00 Å². The lowest BCUT2D eigenvalue weighted by Crippen LogP contribution is -2.16. The summed E-state index contributed by atoms with van der Waals surface area (Å²) in [5, 5.41) is 12.4. The number of aromatic hydroxyl groups is 1. The molecular formula is C13H13N3O5S2. The Balaban J connectivity index is 2.02. The number of aryl methyl sites for hydroxylation is 1. The number of nitrogens with one attached hydrogen (secondary N) is 2. The van der Waals surface area contributed by atoms with E-state index in [9.17, 15) is 19.5 Å². The smallest absolute Gasteiger partial charge is 0.340 e. The van der Waals surface area contributed by atoms with Crippen LogP contribution in [-0.4, -0.2) is 39.8 Å². The average Bonchev–Trinajstić information content (AvgIpc) is 2.84. The normalized spacial score (nSPS) is 10.3. The van der Waals surface area contributed by atoms with E-state index < -0.39 is 17.4 Å². The van der Waals surface area contributed by atoms with Gasteiger partial charge in [-0.1, -0.05) is 11.8 Å². The van der Waals surface area contributed by atoms with Gasteiger partial charge in [0.1, 0.15) is 5.00 Å². The number of thiophene rings is 1. The summed E-state index contributed by atoms with van der Waals surface area (Å²) in [4.78, 5) is 41.7. The van der Waals surface area contributed by atoms with Crippen molar-refractivity contribution in [1.82, 2.24) is 9.97 Å². The van der Waals surface area contributed by atoms with Crippen LogP contribution in [0, 0.1) is 6.92 Å². The molecule has 122 valence electrons. The zero-order chi connectivity index (χ0) is 17.0. The standard InChI is InChI=1S/C13H13N3O5S2/c1-6-3-7(12(20)21-2)11(23-6)14-10(19)5-22-13-15-8(17)4-9(18)16-13/h3-4H,5H2,1-2H3,(H,14,19)(H2,15,16,17,18). The Bertz CT molecular complexity index is 799. The number of amides is 1. The van der Waals surface area contributed by atoms with E-state index >= 15 is 0 Å². The number of aromatic amines is 1. The van der Waals surface area contributed by atoms with Gasteiger partial charge in [-0.2, -0.15) is 4.98 Å². The number of carbonyl (C=O) groups is 2. The number of H-pyrrole nitrogens is 1. The fourth-order valence-corrected chi connectivity index (χ4v) is 3.24. The highest BCUT2D eigenvalue weighted by Crippen LogP contribution is 2.28. The SMILES string of the molecule is COC(=O)c1cc(C)sc1NC(=O)CSc1nc(O)cc(=O)[nH]1. The molecule has 1 amide bonds. The summed E-state index contributed by atoms with van der Waals surface area (Å²) in [5.74, 6) is -1.38. The van der Waals surface area contributed by atoms with Crippen LogP contribution in [0.25, 0.3) is 0 Å². The fourth-order valence-electron chi connectivity index (χ4n) is 1.66. The number of esters is 1. The van der Waals surface area contributed by atoms with Gasteiger partial charge in [0.25, 0.3) is 5.56 Å². The van der Waals surface area contributed by atoms with Crippen LogP contribution in [-0.2, 0) is 9.53 Å². The van der Waals surface area contributed by atoms with Crippen molar-refractivity contribution in [3.8, 4) is 5.88 Å². The van der Waals surface area contributed by atoms with Crippen molar-refractivity contribution >= 4 is 40.0 Å². The zero-order valence-corrected chi connectivity index (χ0v) is 13.8. The Morgan fingerprint density at radius 3 is 2.87 bits per heavy atom. The van der Waals surface area contributed by atoms with Crippen molar-refractivity contribution in [2.75, 3.05) is 18.2 Å². The predicted molar refractivity (Wildman–Crippen MR) is 86.3 cm³/mol. The summed E-state index contributed by atoms with van der Waals surface area (Å²) in [7, 11) is 1.26. The lowest BCUT2D eigenvalue weighted by atomic mass is 10.3. The van der Waals surface area contributed by atoms with Crippen LogP contribution < -0.4 is 10.9 Å². The molecule has 2 rings (SSSR count). The minimum atomic E-state index is -0.531. The zero-order valence-electron chi connectivity index (χ0n) is 12.2. The molecular weight excluding hydrogens is 342 g/mol. The van der Waals surface area contributed by atoms with Crippen molar-refractivity contribution in [1.29, 1.82) is 0 Å². The quantitative estimate of drug-likeness (QED) is 0.420. The van der Waals surface area contributed by atoms with Crippen molar-refractivity contribution in [3.63, 3.8) is 0 Å². The number of ether oxygens (including phenoxy) is 1. The fraction of sp³-hybridized carbons (Fsp3) is 0.231. The number of thioether (sulfide) groups is 1. The van der Waals surface area contributed by atoms with Crippen LogP contribution >= 0.6 is 23.1 Å². The Morgan fingerprint density at radius 1 is 1.48 bits per heavy atom. The molecule has 0 bridgehead atoms. The summed E-state index contributed by atoms with van der Waals surface area (Å²) in [6.07, 6.45) is 0. The van der Waals surface area contributed by atoms with Gasteiger partial charge in [0.05, 0.1) is 24.5 Å². The van der Waals surface area contributed by atoms with E-state index in [1.54, 1.807) is 6.07 Å². The first kappa shape index (κ1) is 17.0. The molecule has 0 unspecified atom stereocenters. The third kappa shape index (κ3) is 4.57. The van der Waals surface area contributed by atoms with Gasteiger partial charge in [-0.25, -0.2) is 4.79 Å². The van der Waals surface area contributed by atoms with Crippen LogP contribution in [0.15, 0.2) is 22.1 Å². The third-order valence-corrected chi connectivity index (χ3v) is 4.40. The molecule has 0 radical (unpaired) electrons. The molecule has 0 saturated heterocycles. The molecule has 0 aliphatic heterocycles. The van der Waals surface area contributed by atoms with Crippen molar-refractivity contribution in [2.45, 2.75) is 12.1 Å². The van der Waals surface area contributed by atoms with Gasteiger partial charge in [0.15, 0.2) is 5.16 Å².